The first-order valence-corrected chi connectivity index (χ1v) is 13.1. The van der Waals surface area contributed by atoms with Crippen LogP contribution in [0.3, 0.4) is 0 Å². The third-order valence-corrected chi connectivity index (χ3v) is 6.96. The van der Waals surface area contributed by atoms with Gasteiger partial charge in [-0.3, -0.25) is 14.4 Å². The van der Waals surface area contributed by atoms with E-state index >= 15 is 0 Å². The standard InChI is InChI=1S/C18H12BrNO3.C12H7BrO4/c19-12-6-7-14-11(8-12)9-15(17(22)16(14)10-21)18(23)20-13-4-2-1-3-5-13;13-7-1-2-8-6(3-7)4-9(12(16)17)11(15)10(8)5-14/h1-10,22H,(H,20,23);1-5,15H,(H,16,17). The number of rotatable bonds is 5. The molecule has 5 aromatic carbocycles. The molecular weight excluding hydrogens is 646 g/mol. The van der Waals surface area contributed by atoms with E-state index in [4.69, 9.17) is 5.11 Å². The van der Waals surface area contributed by atoms with Crippen molar-refractivity contribution >= 4 is 83.5 Å². The summed E-state index contributed by atoms with van der Waals surface area (Å²) in [5.41, 5.74) is 0.485. The number of amides is 1. The largest absolute Gasteiger partial charge is 0.506 e. The van der Waals surface area contributed by atoms with Gasteiger partial charge in [0.05, 0.1) is 16.7 Å². The van der Waals surface area contributed by atoms with Gasteiger partial charge in [0.15, 0.2) is 12.6 Å². The van der Waals surface area contributed by atoms with Gasteiger partial charge < -0.3 is 20.6 Å². The molecule has 4 N–H and O–H groups in total. The van der Waals surface area contributed by atoms with E-state index in [1.807, 2.05) is 6.07 Å². The van der Waals surface area contributed by atoms with Gasteiger partial charge >= 0.3 is 5.97 Å². The van der Waals surface area contributed by atoms with Gasteiger partial charge in [0.1, 0.15) is 17.1 Å². The van der Waals surface area contributed by atoms with Crippen LogP contribution >= 0.6 is 31.9 Å². The number of carbonyl (C=O) groups excluding carboxylic acids is 3. The Morgan fingerprint density at radius 1 is 0.675 bits per heavy atom. The second-order valence-electron chi connectivity index (χ2n) is 8.46. The number of phenols is 2. The van der Waals surface area contributed by atoms with E-state index in [-0.39, 0.29) is 28.0 Å². The summed E-state index contributed by atoms with van der Waals surface area (Å²) in [7, 11) is 0. The van der Waals surface area contributed by atoms with E-state index in [9.17, 15) is 29.4 Å². The van der Waals surface area contributed by atoms with Gasteiger partial charge in [0.25, 0.3) is 5.91 Å². The molecule has 0 aliphatic carbocycles. The van der Waals surface area contributed by atoms with E-state index in [1.54, 1.807) is 66.7 Å². The molecule has 1 amide bonds. The lowest BCUT2D eigenvalue weighted by molar-refractivity contribution is 0.0693. The Bertz CT molecular complexity index is 1800. The highest BCUT2D eigenvalue weighted by Gasteiger charge is 2.19. The highest BCUT2D eigenvalue weighted by Crippen LogP contribution is 2.33. The molecule has 40 heavy (non-hydrogen) atoms. The minimum Gasteiger partial charge on any atom is -0.506 e. The van der Waals surface area contributed by atoms with Crippen molar-refractivity contribution in [3.63, 3.8) is 0 Å². The van der Waals surface area contributed by atoms with E-state index < -0.39 is 17.6 Å². The number of phenolic OH excluding ortho intramolecular Hbond substituents is 1. The van der Waals surface area contributed by atoms with Crippen molar-refractivity contribution in [3.8, 4) is 11.5 Å². The molecule has 8 nitrogen and oxygen atoms in total. The average molecular weight is 665 g/mol. The molecule has 10 heteroatoms. The summed E-state index contributed by atoms with van der Waals surface area (Å²) >= 11 is 6.62. The van der Waals surface area contributed by atoms with Gasteiger partial charge in [-0.2, -0.15) is 0 Å². The summed E-state index contributed by atoms with van der Waals surface area (Å²) in [6.45, 7) is 0. The summed E-state index contributed by atoms with van der Waals surface area (Å²) in [5, 5.41) is 34.0. The Morgan fingerprint density at radius 2 is 1.15 bits per heavy atom. The zero-order valence-corrected chi connectivity index (χ0v) is 23.6. The summed E-state index contributed by atoms with van der Waals surface area (Å²) < 4.78 is 1.59. The number of para-hydroxylation sites is 1. The molecule has 0 unspecified atom stereocenters. The Balaban J connectivity index is 0.000000194. The summed E-state index contributed by atoms with van der Waals surface area (Å²) in [5.74, 6) is -2.56. The molecule has 0 bridgehead atoms. The van der Waals surface area contributed by atoms with Crippen molar-refractivity contribution in [3.05, 3.63) is 110 Å². The lowest BCUT2D eigenvalue weighted by Crippen LogP contribution is -2.12. The zero-order chi connectivity index (χ0) is 29.0. The number of hydrogen-bond donors (Lipinski definition) is 4. The lowest BCUT2D eigenvalue weighted by Gasteiger charge is -2.11. The van der Waals surface area contributed by atoms with E-state index in [0.29, 0.717) is 39.8 Å². The van der Waals surface area contributed by atoms with Crippen LogP contribution in [0.15, 0.2) is 87.8 Å². The first kappa shape index (κ1) is 28.5. The minimum atomic E-state index is -1.27. The number of aromatic hydroxyl groups is 2. The van der Waals surface area contributed by atoms with Crippen molar-refractivity contribution < 1.29 is 34.5 Å². The third-order valence-electron chi connectivity index (χ3n) is 5.97. The summed E-state index contributed by atoms with van der Waals surface area (Å²) in [4.78, 5) is 45.7. The van der Waals surface area contributed by atoms with Gasteiger partial charge in [0, 0.05) is 14.6 Å². The van der Waals surface area contributed by atoms with Crippen LogP contribution in [0.1, 0.15) is 41.4 Å². The number of carboxylic acids is 1. The molecule has 0 saturated carbocycles. The van der Waals surface area contributed by atoms with Gasteiger partial charge in [-0.05, 0) is 70.1 Å². The van der Waals surface area contributed by atoms with Crippen LogP contribution < -0.4 is 5.32 Å². The monoisotopic (exact) mass is 663 g/mol. The molecule has 0 aliphatic heterocycles. The van der Waals surface area contributed by atoms with Gasteiger partial charge in [-0.15, -0.1) is 0 Å². The zero-order valence-electron chi connectivity index (χ0n) is 20.4. The predicted octanol–water partition coefficient (Wildman–Crippen LogP) is 7.19. The van der Waals surface area contributed by atoms with Crippen LogP contribution in [0.5, 0.6) is 11.5 Å². The van der Waals surface area contributed by atoms with Crippen molar-refractivity contribution in [2.24, 2.45) is 0 Å². The highest BCUT2D eigenvalue weighted by atomic mass is 79.9. The first-order valence-electron chi connectivity index (χ1n) is 11.5. The van der Waals surface area contributed by atoms with E-state index in [1.165, 1.54) is 6.07 Å². The summed E-state index contributed by atoms with van der Waals surface area (Å²) in [6, 6.07) is 22.2. The molecule has 0 fully saturated rings. The molecular formula is C30H19Br2NO7. The maximum atomic E-state index is 12.4. The molecule has 0 heterocycles. The molecule has 200 valence electrons. The molecule has 5 aromatic rings. The lowest BCUT2D eigenvalue weighted by atomic mass is 9.99. The second-order valence-corrected chi connectivity index (χ2v) is 10.3. The average Bonchev–Trinajstić information content (AvgIpc) is 2.93. The Labute approximate surface area is 244 Å². The molecule has 5 rings (SSSR count). The quantitative estimate of drug-likeness (QED) is 0.146. The predicted molar refractivity (Wildman–Crippen MR) is 159 cm³/mol. The smallest absolute Gasteiger partial charge is 0.339 e. The number of anilines is 1. The van der Waals surface area contributed by atoms with Crippen LogP contribution in [0, 0.1) is 0 Å². The molecule has 0 spiro atoms. The Kier molecular flexibility index (Phi) is 8.61. The van der Waals surface area contributed by atoms with Crippen molar-refractivity contribution in [2.75, 3.05) is 5.32 Å². The SMILES string of the molecule is O=Cc1c(O)c(C(=O)Nc2ccccc2)cc2cc(Br)ccc12.O=Cc1c(O)c(C(=O)O)cc2cc(Br)ccc12. The van der Waals surface area contributed by atoms with Crippen LogP contribution in [0.25, 0.3) is 21.5 Å². The van der Waals surface area contributed by atoms with Gasteiger partial charge in [-0.25, -0.2) is 4.79 Å². The molecule has 0 saturated heterocycles. The number of carboxylic acid groups (broad SMARTS) is 1. The van der Waals surface area contributed by atoms with Crippen molar-refractivity contribution in [2.45, 2.75) is 0 Å². The van der Waals surface area contributed by atoms with Crippen LogP contribution in [-0.2, 0) is 0 Å². The number of carbonyl (C=O) groups is 4. The molecule has 0 aliphatic rings. The van der Waals surface area contributed by atoms with Crippen LogP contribution in [0.2, 0.25) is 0 Å². The van der Waals surface area contributed by atoms with Gasteiger partial charge in [0.2, 0.25) is 0 Å². The number of aromatic carboxylic acids is 1. The third kappa shape index (κ3) is 5.88. The highest BCUT2D eigenvalue weighted by molar-refractivity contribution is 9.10. The topological polar surface area (TPSA) is 141 Å². The Hall–Kier alpha value is -4.54. The number of fused-ring (bicyclic) bond motifs is 2. The van der Waals surface area contributed by atoms with Gasteiger partial charge in [-0.1, -0.05) is 62.2 Å². The number of nitrogens with one attached hydrogen (secondary N) is 1. The van der Waals surface area contributed by atoms with Crippen LogP contribution in [-0.4, -0.2) is 39.8 Å². The number of halogens is 2. The Morgan fingerprint density at radius 3 is 1.62 bits per heavy atom. The summed E-state index contributed by atoms with van der Waals surface area (Å²) in [6.07, 6.45) is 1.02. The number of benzene rings is 5. The first-order chi connectivity index (χ1) is 19.1. The number of hydrogen-bond acceptors (Lipinski definition) is 6. The molecule has 0 radical (unpaired) electrons. The number of aldehydes is 2. The molecule has 0 aromatic heterocycles. The fourth-order valence-corrected chi connectivity index (χ4v) is 4.84. The fraction of sp³-hybridized carbons (Fsp3) is 0. The molecule has 0 atom stereocenters. The van der Waals surface area contributed by atoms with E-state index in [2.05, 4.69) is 37.2 Å². The van der Waals surface area contributed by atoms with Crippen LogP contribution in [0.4, 0.5) is 5.69 Å². The second kappa shape index (κ2) is 12.1. The van der Waals surface area contributed by atoms with E-state index in [0.717, 1.165) is 8.95 Å². The minimum absolute atomic E-state index is 0.00704. The maximum Gasteiger partial charge on any atom is 0.339 e. The fourth-order valence-electron chi connectivity index (χ4n) is 4.08. The van der Waals surface area contributed by atoms with Crippen molar-refractivity contribution in [1.82, 2.24) is 0 Å². The van der Waals surface area contributed by atoms with Crippen molar-refractivity contribution in [1.29, 1.82) is 0 Å². The maximum absolute atomic E-state index is 12.4. The normalized spacial score (nSPS) is 10.4.